The van der Waals surface area contributed by atoms with Crippen molar-refractivity contribution in [3.8, 4) is 0 Å². The number of nitrogens with two attached hydrogens (primary N) is 1. The zero-order valence-corrected chi connectivity index (χ0v) is 9.86. The van der Waals surface area contributed by atoms with Gasteiger partial charge in [-0.25, -0.2) is 0 Å². The van der Waals surface area contributed by atoms with E-state index in [1.807, 2.05) is 6.26 Å². The van der Waals surface area contributed by atoms with E-state index in [1.54, 1.807) is 0 Å². The fraction of sp³-hybridized carbons (Fsp3) is 0.818. The Kier molecular flexibility index (Phi) is 2.57. The van der Waals surface area contributed by atoms with Crippen molar-refractivity contribution in [2.24, 2.45) is 16.6 Å². The third-order valence-corrected chi connectivity index (χ3v) is 5.19. The van der Waals surface area contributed by atoms with Crippen LogP contribution in [0.3, 0.4) is 0 Å². The molecule has 2 bridgehead atoms. The minimum absolute atomic E-state index is 0.128. The highest BCUT2D eigenvalue weighted by atomic mass is 32.2. The lowest BCUT2D eigenvalue weighted by molar-refractivity contribution is -0.142. The highest BCUT2D eigenvalue weighted by Crippen LogP contribution is 2.57. The molecular weight excluding hydrogens is 210 g/mol. The molecule has 4 heteroatoms. The summed E-state index contributed by atoms with van der Waals surface area (Å²) in [5.74, 6) is -0.160. The molecule has 0 aromatic carbocycles. The van der Waals surface area contributed by atoms with Crippen LogP contribution in [-0.4, -0.2) is 17.3 Å². The zero-order valence-electron chi connectivity index (χ0n) is 9.04. The molecular formula is C11H17NO2S. The van der Waals surface area contributed by atoms with Crippen LogP contribution < -0.4 is 5.73 Å². The van der Waals surface area contributed by atoms with Crippen molar-refractivity contribution in [1.29, 1.82) is 0 Å². The molecule has 3 saturated carbocycles. The molecule has 3 fully saturated rings. The Bertz CT molecular complexity index is 289. The van der Waals surface area contributed by atoms with Crippen LogP contribution in [0.1, 0.15) is 38.5 Å². The Morgan fingerprint density at radius 3 is 1.73 bits per heavy atom. The van der Waals surface area contributed by atoms with Gasteiger partial charge in [0.05, 0.1) is 0 Å². The van der Waals surface area contributed by atoms with Gasteiger partial charge >= 0.3 is 0 Å². The summed E-state index contributed by atoms with van der Waals surface area (Å²) in [6, 6.07) is 0. The number of hydrogen-bond acceptors (Lipinski definition) is 3. The van der Waals surface area contributed by atoms with E-state index in [0.717, 1.165) is 38.5 Å². The van der Waals surface area contributed by atoms with E-state index in [4.69, 9.17) is 5.73 Å². The summed E-state index contributed by atoms with van der Waals surface area (Å²) in [6.07, 6.45) is 6.86. The average molecular weight is 227 g/mol. The van der Waals surface area contributed by atoms with Gasteiger partial charge in [-0.15, -0.1) is 0 Å². The van der Waals surface area contributed by atoms with E-state index in [9.17, 15) is 9.59 Å². The van der Waals surface area contributed by atoms with E-state index in [2.05, 4.69) is 0 Å². The number of hydrogen-bond donors (Lipinski definition) is 1. The maximum Gasteiger partial charge on any atom is 0.223 e. The van der Waals surface area contributed by atoms with Gasteiger partial charge in [0.25, 0.3) is 0 Å². The molecule has 3 aliphatic rings. The first-order valence-corrected chi connectivity index (χ1v) is 6.66. The minimum Gasteiger partial charge on any atom is -0.369 e. The summed E-state index contributed by atoms with van der Waals surface area (Å²) in [6.45, 7) is 0. The molecule has 1 amide bonds. The third-order valence-electron chi connectivity index (χ3n) is 4.39. The molecule has 0 saturated heterocycles. The monoisotopic (exact) mass is 227 g/mol. The Balaban J connectivity index is 2.17. The largest absolute Gasteiger partial charge is 0.369 e. The van der Waals surface area contributed by atoms with Crippen LogP contribution in [0.2, 0.25) is 0 Å². The highest BCUT2D eigenvalue weighted by Gasteiger charge is 2.54. The van der Waals surface area contributed by atoms with Gasteiger partial charge in [-0.05, 0) is 44.8 Å². The van der Waals surface area contributed by atoms with Crippen LogP contribution in [0, 0.1) is 10.8 Å². The van der Waals surface area contributed by atoms with Gasteiger partial charge < -0.3 is 5.73 Å². The Labute approximate surface area is 94.2 Å². The van der Waals surface area contributed by atoms with E-state index in [0.29, 0.717) is 5.12 Å². The second-order valence-electron chi connectivity index (χ2n) is 4.92. The quantitative estimate of drug-likeness (QED) is 0.781. The Morgan fingerprint density at radius 1 is 1.00 bits per heavy atom. The normalized spacial score (nSPS) is 39.0. The first-order valence-electron chi connectivity index (χ1n) is 5.43. The van der Waals surface area contributed by atoms with E-state index in [1.165, 1.54) is 11.8 Å². The van der Waals surface area contributed by atoms with E-state index >= 15 is 0 Å². The van der Waals surface area contributed by atoms with Crippen LogP contribution in [0.5, 0.6) is 0 Å². The first kappa shape index (κ1) is 11.0. The number of primary amides is 1. The van der Waals surface area contributed by atoms with Crippen molar-refractivity contribution in [3.63, 3.8) is 0 Å². The molecule has 0 aliphatic heterocycles. The van der Waals surface area contributed by atoms with Crippen molar-refractivity contribution in [3.05, 3.63) is 0 Å². The number of amides is 1. The van der Waals surface area contributed by atoms with Crippen LogP contribution >= 0.6 is 11.8 Å². The Morgan fingerprint density at radius 2 is 1.40 bits per heavy atom. The van der Waals surface area contributed by atoms with Gasteiger partial charge in [0.1, 0.15) is 0 Å². The molecule has 0 spiro atoms. The van der Waals surface area contributed by atoms with Gasteiger partial charge in [0.2, 0.25) is 5.91 Å². The maximum absolute atomic E-state index is 11.9. The number of rotatable bonds is 2. The topological polar surface area (TPSA) is 60.2 Å². The lowest BCUT2D eigenvalue weighted by Gasteiger charge is -2.50. The summed E-state index contributed by atoms with van der Waals surface area (Å²) < 4.78 is 0. The molecule has 0 atom stereocenters. The smallest absolute Gasteiger partial charge is 0.223 e. The van der Waals surface area contributed by atoms with Gasteiger partial charge in [0, 0.05) is 10.8 Å². The molecule has 0 unspecified atom stereocenters. The van der Waals surface area contributed by atoms with Gasteiger partial charge in [-0.2, -0.15) is 0 Å². The molecule has 3 aliphatic carbocycles. The van der Waals surface area contributed by atoms with Crippen molar-refractivity contribution < 1.29 is 9.59 Å². The summed E-state index contributed by atoms with van der Waals surface area (Å²) in [7, 11) is 0. The SMILES string of the molecule is CSC(=O)C12CCC(C(N)=O)(CC1)CC2. The lowest BCUT2D eigenvalue weighted by atomic mass is 9.54. The minimum atomic E-state index is -0.277. The third kappa shape index (κ3) is 1.50. The van der Waals surface area contributed by atoms with Crippen molar-refractivity contribution in [2.45, 2.75) is 38.5 Å². The number of carbonyl (C=O) groups excluding carboxylic acids is 2. The van der Waals surface area contributed by atoms with Crippen LogP contribution in [-0.2, 0) is 9.59 Å². The predicted octanol–water partition coefficient (Wildman–Crippen LogP) is 1.70. The van der Waals surface area contributed by atoms with Crippen molar-refractivity contribution >= 4 is 22.8 Å². The summed E-state index contributed by atoms with van der Waals surface area (Å²) in [5, 5.41) is 0.306. The number of carbonyl (C=O) groups is 2. The molecule has 0 heterocycles. The van der Waals surface area contributed by atoms with Crippen LogP contribution in [0.15, 0.2) is 0 Å². The standard InChI is InChI=1S/C11H17NO2S/c1-15-9(14)11-5-2-10(3-6-11,4-7-11)8(12)13/h2-7H2,1H3,(H2,12,13). The molecule has 3 nitrogen and oxygen atoms in total. The predicted molar refractivity (Wildman–Crippen MR) is 60.3 cm³/mol. The molecule has 0 aromatic rings. The van der Waals surface area contributed by atoms with Gasteiger partial charge in [-0.1, -0.05) is 11.8 Å². The van der Waals surface area contributed by atoms with E-state index in [-0.39, 0.29) is 16.7 Å². The molecule has 15 heavy (non-hydrogen) atoms. The number of thioether (sulfide) groups is 1. The molecule has 84 valence electrons. The second kappa shape index (κ2) is 3.51. The summed E-state index contributed by atoms with van der Waals surface area (Å²) in [4.78, 5) is 23.3. The first-order chi connectivity index (χ1) is 7.05. The molecule has 3 rings (SSSR count). The summed E-state index contributed by atoms with van der Waals surface area (Å²) in [5.41, 5.74) is 5.05. The number of fused-ring (bicyclic) bond motifs is 3. The van der Waals surface area contributed by atoms with Crippen LogP contribution in [0.25, 0.3) is 0 Å². The molecule has 0 radical (unpaired) electrons. The van der Waals surface area contributed by atoms with E-state index < -0.39 is 0 Å². The lowest BCUT2D eigenvalue weighted by Crippen LogP contribution is -2.50. The fourth-order valence-electron chi connectivity index (χ4n) is 3.08. The van der Waals surface area contributed by atoms with Crippen LogP contribution in [0.4, 0.5) is 0 Å². The van der Waals surface area contributed by atoms with Crippen molar-refractivity contribution in [1.82, 2.24) is 0 Å². The summed E-state index contributed by atoms with van der Waals surface area (Å²) >= 11 is 1.33. The fourth-order valence-corrected chi connectivity index (χ4v) is 3.82. The average Bonchev–Trinajstić information content (AvgIpc) is 2.30. The molecule has 0 aromatic heterocycles. The second-order valence-corrected chi connectivity index (χ2v) is 5.70. The maximum atomic E-state index is 11.9. The zero-order chi connectivity index (χ0) is 11.1. The highest BCUT2D eigenvalue weighted by molar-refractivity contribution is 8.13. The van der Waals surface area contributed by atoms with Crippen molar-refractivity contribution in [2.75, 3.05) is 6.26 Å². The van der Waals surface area contributed by atoms with Gasteiger partial charge in [-0.3, -0.25) is 9.59 Å². The van der Waals surface area contributed by atoms with Gasteiger partial charge in [0.15, 0.2) is 5.12 Å². The Hall–Kier alpha value is -0.510. The molecule has 2 N–H and O–H groups in total.